The highest BCUT2D eigenvalue weighted by molar-refractivity contribution is 6.31. The third-order valence-corrected chi connectivity index (χ3v) is 3.92. The van der Waals surface area contributed by atoms with Gasteiger partial charge in [0.2, 0.25) is 0 Å². The van der Waals surface area contributed by atoms with Gasteiger partial charge in [-0.25, -0.2) is 0 Å². The lowest BCUT2D eigenvalue weighted by Crippen LogP contribution is -2.12. The van der Waals surface area contributed by atoms with Crippen molar-refractivity contribution in [2.24, 2.45) is 0 Å². The summed E-state index contributed by atoms with van der Waals surface area (Å²) in [6.07, 6.45) is -3.81. The first-order valence-corrected chi connectivity index (χ1v) is 8.29. The molecular weight excluding hydrogens is 399 g/mol. The van der Waals surface area contributed by atoms with E-state index in [-0.39, 0.29) is 23.0 Å². The van der Waals surface area contributed by atoms with Crippen molar-refractivity contribution in [3.8, 4) is 5.75 Å². The van der Waals surface area contributed by atoms with Gasteiger partial charge in [-0.1, -0.05) is 16.8 Å². The van der Waals surface area contributed by atoms with Crippen LogP contribution in [-0.2, 0) is 12.8 Å². The third-order valence-electron chi connectivity index (χ3n) is 3.59. The van der Waals surface area contributed by atoms with Crippen molar-refractivity contribution in [1.82, 2.24) is 10.1 Å². The second-order valence-electron chi connectivity index (χ2n) is 5.74. The summed E-state index contributed by atoms with van der Waals surface area (Å²) in [4.78, 5) is 15.7. The van der Waals surface area contributed by atoms with Crippen LogP contribution in [0.5, 0.6) is 5.75 Å². The standard InChI is InChI=1S/C18H13ClF3N3O3/c1-10-6-15(25-28-10)17(26)24-12-2-4-13(5-3-12)27-9-16-14(19)7-11(8-23-16)18(20,21)22/h2-8H,9H2,1H3,(H,24,26). The van der Waals surface area contributed by atoms with Crippen LogP contribution in [0.3, 0.4) is 0 Å². The molecule has 1 aromatic carbocycles. The zero-order valence-electron chi connectivity index (χ0n) is 14.4. The van der Waals surface area contributed by atoms with Gasteiger partial charge < -0.3 is 14.6 Å². The van der Waals surface area contributed by atoms with Crippen LogP contribution in [0.15, 0.2) is 47.1 Å². The molecule has 28 heavy (non-hydrogen) atoms. The van der Waals surface area contributed by atoms with Gasteiger partial charge in [0.25, 0.3) is 5.91 Å². The van der Waals surface area contributed by atoms with Gasteiger partial charge in [0, 0.05) is 18.0 Å². The maximum Gasteiger partial charge on any atom is 0.417 e. The van der Waals surface area contributed by atoms with Crippen LogP contribution in [0.25, 0.3) is 0 Å². The molecule has 6 nitrogen and oxygen atoms in total. The summed E-state index contributed by atoms with van der Waals surface area (Å²) < 4.78 is 48.2. The molecule has 0 bridgehead atoms. The first kappa shape index (κ1) is 19.7. The van der Waals surface area contributed by atoms with E-state index in [0.29, 0.717) is 23.4 Å². The van der Waals surface area contributed by atoms with Crippen LogP contribution >= 0.6 is 11.6 Å². The zero-order chi connectivity index (χ0) is 20.3. The fourth-order valence-corrected chi connectivity index (χ4v) is 2.40. The van der Waals surface area contributed by atoms with Crippen molar-refractivity contribution in [2.45, 2.75) is 19.7 Å². The average molecular weight is 412 g/mol. The zero-order valence-corrected chi connectivity index (χ0v) is 15.1. The van der Waals surface area contributed by atoms with Crippen LogP contribution in [-0.4, -0.2) is 16.0 Å². The predicted octanol–water partition coefficient (Wildman–Crippen LogP) is 4.88. The highest BCUT2D eigenvalue weighted by Gasteiger charge is 2.31. The number of alkyl halides is 3. The van der Waals surface area contributed by atoms with E-state index in [9.17, 15) is 18.0 Å². The summed E-state index contributed by atoms with van der Waals surface area (Å²) in [5.41, 5.74) is -0.0957. The summed E-state index contributed by atoms with van der Waals surface area (Å²) in [6.45, 7) is 1.56. The normalized spacial score (nSPS) is 11.3. The van der Waals surface area contributed by atoms with Gasteiger partial charge >= 0.3 is 6.18 Å². The van der Waals surface area contributed by atoms with Crippen LogP contribution in [0.2, 0.25) is 5.02 Å². The van der Waals surface area contributed by atoms with Crippen LogP contribution < -0.4 is 10.1 Å². The molecule has 2 heterocycles. The summed E-state index contributed by atoms with van der Waals surface area (Å²) in [5, 5.41) is 6.13. The van der Waals surface area contributed by atoms with Crippen LogP contribution in [0.4, 0.5) is 18.9 Å². The number of rotatable bonds is 5. The molecule has 0 aliphatic rings. The number of aromatic nitrogens is 2. The van der Waals surface area contributed by atoms with E-state index in [2.05, 4.69) is 15.5 Å². The number of nitrogens with zero attached hydrogens (tertiary/aromatic N) is 2. The Hall–Kier alpha value is -3.07. The smallest absolute Gasteiger partial charge is 0.417 e. The Labute approximate surface area is 162 Å². The number of amides is 1. The number of carbonyl (C=O) groups excluding carboxylic acids is 1. The number of hydrogen-bond donors (Lipinski definition) is 1. The quantitative estimate of drug-likeness (QED) is 0.647. The molecule has 0 radical (unpaired) electrons. The molecule has 0 aliphatic heterocycles. The van der Waals surface area contributed by atoms with E-state index in [1.54, 1.807) is 31.2 Å². The number of benzene rings is 1. The lowest BCUT2D eigenvalue weighted by atomic mass is 10.2. The minimum atomic E-state index is -4.51. The monoisotopic (exact) mass is 411 g/mol. The molecule has 0 atom stereocenters. The Balaban J connectivity index is 1.59. The molecule has 146 valence electrons. The van der Waals surface area contributed by atoms with E-state index in [0.717, 1.165) is 6.07 Å². The lowest BCUT2D eigenvalue weighted by molar-refractivity contribution is -0.137. The molecular formula is C18H13ClF3N3O3. The molecule has 0 saturated carbocycles. The van der Waals surface area contributed by atoms with E-state index in [4.69, 9.17) is 20.9 Å². The fourth-order valence-electron chi connectivity index (χ4n) is 2.18. The Bertz CT molecular complexity index is 988. The molecule has 3 aromatic rings. The Morgan fingerprint density at radius 2 is 1.96 bits per heavy atom. The number of nitrogens with one attached hydrogen (secondary N) is 1. The summed E-state index contributed by atoms with van der Waals surface area (Å²) >= 11 is 5.84. The predicted molar refractivity (Wildman–Crippen MR) is 94.2 cm³/mol. The molecule has 1 N–H and O–H groups in total. The SMILES string of the molecule is Cc1cc(C(=O)Nc2ccc(OCc3ncc(C(F)(F)F)cc3Cl)cc2)no1. The third kappa shape index (κ3) is 4.80. The molecule has 0 unspecified atom stereocenters. The summed E-state index contributed by atoms with van der Waals surface area (Å²) in [5.74, 6) is 0.517. The van der Waals surface area contributed by atoms with Gasteiger partial charge in [0.1, 0.15) is 18.1 Å². The first-order chi connectivity index (χ1) is 13.2. The minimum Gasteiger partial charge on any atom is -0.487 e. The maximum atomic E-state index is 12.6. The van der Waals surface area contributed by atoms with Crippen molar-refractivity contribution in [2.75, 3.05) is 5.32 Å². The summed E-state index contributed by atoms with van der Waals surface area (Å²) in [6, 6.07) is 8.68. The first-order valence-electron chi connectivity index (χ1n) is 7.91. The molecule has 10 heteroatoms. The number of anilines is 1. The second-order valence-corrected chi connectivity index (χ2v) is 6.15. The van der Waals surface area contributed by atoms with Gasteiger partial charge in [-0.3, -0.25) is 9.78 Å². The maximum absolute atomic E-state index is 12.6. The average Bonchev–Trinajstić information content (AvgIpc) is 3.07. The number of ether oxygens (including phenoxy) is 1. The largest absolute Gasteiger partial charge is 0.487 e. The molecule has 0 saturated heterocycles. The highest BCUT2D eigenvalue weighted by atomic mass is 35.5. The van der Waals surface area contributed by atoms with Crippen molar-refractivity contribution >= 4 is 23.2 Å². The van der Waals surface area contributed by atoms with Gasteiger partial charge in [0.05, 0.1) is 16.3 Å². The fraction of sp³-hybridized carbons (Fsp3) is 0.167. The molecule has 2 aromatic heterocycles. The van der Waals surface area contributed by atoms with E-state index < -0.39 is 17.6 Å². The van der Waals surface area contributed by atoms with Crippen LogP contribution in [0, 0.1) is 6.92 Å². The van der Waals surface area contributed by atoms with Crippen molar-refractivity contribution in [3.05, 3.63) is 70.3 Å². The van der Waals surface area contributed by atoms with Crippen molar-refractivity contribution in [1.29, 1.82) is 0 Å². The number of aryl methyl sites for hydroxylation is 1. The van der Waals surface area contributed by atoms with E-state index in [1.807, 2.05) is 0 Å². The number of halogens is 4. The second kappa shape index (κ2) is 7.89. The van der Waals surface area contributed by atoms with Gasteiger partial charge in [-0.2, -0.15) is 13.2 Å². The van der Waals surface area contributed by atoms with E-state index in [1.165, 1.54) is 6.07 Å². The summed E-state index contributed by atoms with van der Waals surface area (Å²) in [7, 11) is 0. The van der Waals surface area contributed by atoms with Gasteiger partial charge in [0.15, 0.2) is 5.69 Å². The topological polar surface area (TPSA) is 77.2 Å². The Morgan fingerprint density at radius 1 is 1.25 bits per heavy atom. The van der Waals surface area contributed by atoms with Crippen molar-refractivity contribution in [3.63, 3.8) is 0 Å². The number of pyridine rings is 1. The number of hydrogen-bond acceptors (Lipinski definition) is 5. The number of carbonyl (C=O) groups is 1. The highest BCUT2D eigenvalue weighted by Crippen LogP contribution is 2.31. The van der Waals surface area contributed by atoms with Crippen LogP contribution in [0.1, 0.15) is 27.5 Å². The molecule has 0 fully saturated rings. The Morgan fingerprint density at radius 3 is 2.54 bits per heavy atom. The van der Waals surface area contributed by atoms with Crippen molar-refractivity contribution < 1.29 is 27.2 Å². The molecule has 0 spiro atoms. The molecule has 3 rings (SSSR count). The van der Waals surface area contributed by atoms with Gasteiger partial charge in [-0.15, -0.1) is 0 Å². The molecule has 1 amide bonds. The molecule has 0 aliphatic carbocycles. The van der Waals surface area contributed by atoms with E-state index >= 15 is 0 Å². The minimum absolute atomic E-state index is 0.110. The van der Waals surface area contributed by atoms with Gasteiger partial charge in [-0.05, 0) is 37.3 Å². The lowest BCUT2D eigenvalue weighted by Gasteiger charge is -2.11. The Kier molecular flexibility index (Phi) is 5.55.